The van der Waals surface area contributed by atoms with E-state index in [2.05, 4.69) is 4.90 Å². The molecule has 0 aromatic carbocycles. The Morgan fingerprint density at radius 3 is 2.36 bits per heavy atom. The Morgan fingerprint density at radius 2 is 1.64 bits per heavy atom. The van der Waals surface area contributed by atoms with Gasteiger partial charge < -0.3 is 9.64 Å². The molecule has 2 saturated carbocycles. The highest BCUT2D eigenvalue weighted by molar-refractivity contribution is 6.20. The number of ether oxygens (including phenoxy) is 1. The lowest BCUT2D eigenvalue weighted by Gasteiger charge is -2.33. The number of rotatable bonds is 6. The molecule has 1 aliphatic heterocycles. The Hall–Kier alpha value is 0.210. The van der Waals surface area contributed by atoms with Crippen LogP contribution in [0, 0.1) is 11.8 Å². The second-order valence-electron chi connectivity index (χ2n) is 7.93. The third kappa shape index (κ3) is 5.39. The van der Waals surface area contributed by atoms with Crippen LogP contribution in [0.1, 0.15) is 70.6 Å². The number of hydrogen-bond acceptors (Lipinski definition) is 2. The molecule has 1 saturated heterocycles. The molecule has 1 heterocycles. The van der Waals surface area contributed by atoms with Crippen molar-refractivity contribution in [2.24, 2.45) is 11.8 Å². The van der Waals surface area contributed by atoms with Crippen LogP contribution >= 0.6 is 11.6 Å². The molecule has 2 unspecified atom stereocenters. The zero-order valence-electron chi connectivity index (χ0n) is 14.1. The Balaban J connectivity index is 1.27. The lowest BCUT2D eigenvalue weighted by molar-refractivity contribution is 0.00681. The maximum absolute atomic E-state index is 6.34. The van der Waals surface area contributed by atoms with Crippen molar-refractivity contribution in [1.29, 1.82) is 0 Å². The molecule has 0 aromatic heterocycles. The lowest BCUT2D eigenvalue weighted by atomic mass is 9.77. The molecule has 3 rings (SSSR count). The second kappa shape index (κ2) is 8.89. The SMILES string of the molecule is ClC1CCCC(CC2CCC(OCCN3CCCC3)CC2)C1. The van der Waals surface area contributed by atoms with Crippen LogP contribution in [0.4, 0.5) is 0 Å². The highest BCUT2D eigenvalue weighted by Crippen LogP contribution is 2.37. The van der Waals surface area contributed by atoms with Gasteiger partial charge in [-0.15, -0.1) is 11.6 Å². The van der Waals surface area contributed by atoms with Crippen LogP contribution in [0.2, 0.25) is 0 Å². The summed E-state index contributed by atoms with van der Waals surface area (Å²) in [6, 6.07) is 0. The number of likely N-dealkylation sites (tertiary alicyclic amines) is 1. The minimum absolute atomic E-state index is 0.462. The molecule has 2 aliphatic carbocycles. The molecule has 0 N–H and O–H groups in total. The molecule has 0 radical (unpaired) electrons. The van der Waals surface area contributed by atoms with Gasteiger partial charge in [0.2, 0.25) is 0 Å². The van der Waals surface area contributed by atoms with Gasteiger partial charge in [-0.1, -0.05) is 12.8 Å². The summed E-state index contributed by atoms with van der Waals surface area (Å²) in [5.74, 6) is 1.86. The van der Waals surface area contributed by atoms with Crippen molar-refractivity contribution in [2.75, 3.05) is 26.2 Å². The largest absolute Gasteiger partial charge is 0.377 e. The van der Waals surface area contributed by atoms with E-state index in [1.165, 1.54) is 83.7 Å². The Bertz CT molecular complexity index is 311. The first-order chi connectivity index (χ1) is 10.8. The van der Waals surface area contributed by atoms with Gasteiger partial charge in [-0.25, -0.2) is 0 Å². The quantitative estimate of drug-likeness (QED) is 0.647. The van der Waals surface area contributed by atoms with Gasteiger partial charge in [0.15, 0.2) is 0 Å². The summed E-state index contributed by atoms with van der Waals surface area (Å²) in [6.45, 7) is 4.68. The first-order valence-corrected chi connectivity index (χ1v) is 10.2. The summed E-state index contributed by atoms with van der Waals surface area (Å²) in [7, 11) is 0. The second-order valence-corrected chi connectivity index (χ2v) is 8.55. The molecule has 3 aliphatic rings. The van der Waals surface area contributed by atoms with Crippen molar-refractivity contribution in [3.63, 3.8) is 0 Å². The molecule has 0 bridgehead atoms. The molecule has 3 heteroatoms. The Kier molecular flexibility index (Phi) is 6.89. The lowest BCUT2D eigenvalue weighted by Crippen LogP contribution is -2.29. The van der Waals surface area contributed by atoms with E-state index < -0.39 is 0 Å². The number of alkyl halides is 1. The Morgan fingerprint density at radius 1 is 0.864 bits per heavy atom. The van der Waals surface area contributed by atoms with Gasteiger partial charge in [0.05, 0.1) is 12.7 Å². The van der Waals surface area contributed by atoms with Gasteiger partial charge in [-0.3, -0.25) is 0 Å². The average molecular weight is 328 g/mol. The van der Waals surface area contributed by atoms with E-state index in [1.54, 1.807) is 0 Å². The van der Waals surface area contributed by atoms with Crippen LogP contribution in [0.15, 0.2) is 0 Å². The van der Waals surface area contributed by atoms with E-state index in [4.69, 9.17) is 16.3 Å². The summed E-state index contributed by atoms with van der Waals surface area (Å²) < 4.78 is 6.14. The summed E-state index contributed by atoms with van der Waals surface area (Å²) >= 11 is 6.34. The maximum atomic E-state index is 6.34. The third-order valence-electron chi connectivity index (χ3n) is 6.14. The molecule has 128 valence electrons. The van der Waals surface area contributed by atoms with Crippen molar-refractivity contribution in [3.05, 3.63) is 0 Å². The summed E-state index contributed by atoms with van der Waals surface area (Å²) in [5.41, 5.74) is 0. The zero-order valence-corrected chi connectivity index (χ0v) is 14.9. The monoisotopic (exact) mass is 327 g/mol. The fourth-order valence-electron chi connectivity index (χ4n) is 4.80. The maximum Gasteiger partial charge on any atom is 0.0597 e. The van der Waals surface area contributed by atoms with Gasteiger partial charge in [0, 0.05) is 11.9 Å². The van der Waals surface area contributed by atoms with Crippen LogP contribution in [-0.4, -0.2) is 42.6 Å². The minimum Gasteiger partial charge on any atom is -0.377 e. The number of nitrogens with zero attached hydrogens (tertiary/aromatic N) is 1. The number of halogens is 1. The summed E-state index contributed by atoms with van der Waals surface area (Å²) in [5, 5.41) is 0.462. The molecule has 2 atom stereocenters. The smallest absolute Gasteiger partial charge is 0.0597 e. The molecule has 22 heavy (non-hydrogen) atoms. The van der Waals surface area contributed by atoms with Crippen molar-refractivity contribution in [3.8, 4) is 0 Å². The molecular weight excluding hydrogens is 294 g/mol. The summed E-state index contributed by atoms with van der Waals surface area (Å²) in [4.78, 5) is 2.55. The summed E-state index contributed by atoms with van der Waals surface area (Å²) in [6.07, 6.45) is 15.4. The van der Waals surface area contributed by atoms with E-state index in [-0.39, 0.29) is 0 Å². The van der Waals surface area contributed by atoms with Gasteiger partial charge in [-0.2, -0.15) is 0 Å². The molecule has 2 nitrogen and oxygen atoms in total. The van der Waals surface area contributed by atoms with Crippen LogP contribution < -0.4 is 0 Å². The van der Waals surface area contributed by atoms with Gasteiger partial charge in [0.1, 0.15) is 0 Å². The molecule has 0 aromatic rings. The predicted molar refractivity (Wildman–Crippen MR) is 93.6 cm³/mol. The van der Waals surface area contributed by atoms with E-state index in [9.17, 15) is 0 Å². The van der Waals surface area contributed by atoms with Crippen LogP contribution in [0.25, 0.3) is 0 Å². The van der Waals surface area contributed by atoms with Crippen molar-refractivity contribution in [1.82, 2.24) is 4.90 Å². The first kappa shape index (κ1) is 17.0. The fraction of sp³-hybridized carbons (Fsp3) is 1.00. The predicted octanol–water partition coefficient (Wildman–Crippen LogP) is 4.85. The molecule has 3 fully saturated rings. The minimum atomic E-state index is 0.462. The van der Waals surface area contributed by atoms with Gasteiger partial charge in [-0.05, 0) is 82.7 Å². The van der Waals surface area contributed by atoms with Crippen LogP contribution in [-0.2, 0) is 4.74 Å². The van der Waals surface area contributed by atoms with E-state index in [1.807, 2.05) is 0 Å². The Labute approximate surface area is 141 Å². The normalized spacial score (nSPS) is 37.5. The highest BCUT2D eigenvalue weighted by Gasteiger charge is 2.27. The highest BCUT2D eigenvalue weighted by atomic mass is 35.5. The molecular formula is C19H34ClNO. The first-order valence-electron chi connectivity index (χ1n) is 9.77. The van der Waals surface area contributed by atoms with E-state index in [0.717, 1.165) is 25.0 Å². The van der Waals surface area contributed by atoms with Crippen molar-refractivity contribution < 1.29 is 4.74 Å². The topological polar surface area (TPSA) is 12.5 Å². The van der Waals surface area contributed by atoms with Crippen LogP contribution in [0.5, 0.6) is 0 Å². The van der Waals surface area contributed by atoms with Gasteiger partial charge in [0.25, 0.3) is 0 Å². The van der Waals surface area contributed by atoms with Crippen molar-refractivity contribution >= 4 is 11.6 Å². The van der Waals surface area contributed by atoms with Crippen molar-refractivity contribution in [2.45, 2.75) is 82.1 Å². The standard InChI is InChI=1S/C19H34ClNO/c20-18-5-3-4-17(15-18)14-16-6-8-19(9-7-16)22-13-12-21-10-1-2-11-21/h16-19H,1-15H2. The van der Waals surface area contributed by atoms with Gasteiger partial charge >= 0.3 is 0 Å². The van der Waals surface area contributed by atoms with E-state index >= 15 is 0 Å². The zero-order chi connectivity index (χ0) is 15.2. The van der Waals surface area contributed by atoms with Crippen LogP contribution in [0.3, 0.4) is 0 Å². The average Bonchev–Trinajstić information content (AvgIpc) is 3.02. The fourth-order valence-corrected chi connectivity index (χ4v) is 5.21. The number of hydrogen-bond donors (Lipinski definition) is 0. The van der Waals surface area contributed by atoms with E-state index in [0.29, 0.717) is 11.5 Å². The molecule has 0 spiro atoms. The third-order valence-corrected chi connectivity index (χ3v) is 6.54. The molecule has 0 amide bonds.